The van der Waals surface area contributed by atoms with Gasteiger partial charge < -0.3 is 18.9 Å². The molecule has 0 spiro atoms. The summed E-state index contributed by atoms with van der Waals surface area (Å²) >= 11 is 0. The summed E-state index contributed by atoms with van der Waals surface area (Å²) in [7, 11) is 3.18. The fourth-order valence-electron chi connectivity index (χ4n) is 3.50. The van der Waals surface area contributed by atoms with E-state index >= 15 is 0 Å². The minimum Gasteiger partial charge on any atom is -0.497 e. The summed E-state index contributed by atoms with van der Waals surface area (Å²) in [6.45, 7) is 6.22. The molecular weight excluding hydrogens is 376 g/mol. The topological polar surface area (TPSA) is 43.7 Å². The highest BCUT2D eigenvalue weighted by atomic mass is 16.5. The lowest BCUT2D eigenvalue weighted by molar-refractivity contribution is 0.0718. The third-order valence-corrected chi connectivity index (χ3v) is 4.94. The van der Waals surface area contributed by atoms with Crippen LogP contribution in [-0.4, -0.2) is 36.1 Å². The van der Waals surface area contributed by atoms with E-state index in [1.165, 1.54) is 5.56 Å². The third kappa shape index (κ3) is 5.44. The summed E-state index contributed by atoms with van der Waals surface area (Å²) in [5.41, 5.74) is 2.89. The number of benzene rings is 2. The lowest BCUT2D eigenvalue weighted by Crippen LogP contribution is -2.34. The molecule has 0 aliphatic carbocycles. The number of nitrogens with zero attached hydrogens (tertiary/aromatic N) is 2. The molecule has 158 valence electrons. The summed E-state index contributed by atoms with van der Waals surface area (Å²) < 4.78 is 12.9. The Bertz CT molecular complexity index is 941. The second kappa shape index (κ2) is 10.0. The van der Waals surface area contributed by atoms with Gasteiger partial charge in [0.15, 0.2) is 0 Å². The summed E-state index contributed by atoms with van der Waals surface area (Å²) in [4.78, 5) is 15.3. The number of carbonyl (C=O) groups is 1. The Kier molecular flexibility index (Phi) is 7.17. The van der Waals surface area contributed by atoms with Gasteiger partial charge in [-0.2, -0.15) is 0 Å². The molecule has 5 nitrogen and oxygen atoms in total. The average Bonchev–Trinajstić information content (AvgIpc) is 3.19. The number of methoxy groups -OCH3 is 2. The molecule has 0 fully saturated rings. The molecule has 1 aromatic heterocycles. The van der Waals surface area contributed by atoms with E-state index in [2.05, 4.69) is 42.8 Å². The van der Waals surface area contributed by atoms with Crippen LogP contribution in [0.5, 0.6) is 11.5 Å². The van der Waals surface area contributed by atoms with Gasteiger partial charge in [0.25, 0.3) is 5.91 Å². The second-order valence-electron chi connectivity index (χ2n) is 7.79. The molecule has 0 radical (unpaired) electrons. The molecule has 2 aromatic carbocycles. The number of carbonyl (C=O) groups excluding carboxylic acids is 1. The predicted octanol–water partition coefficient (Wildman–Crippen LogP) is 4.85. The zero-order valence-electron chi connectivity index (χ0n) is 18.2. The molecule has 0 N–H and O–H groups in total. The number of hydrogen-bond acceptors (Lipinski definition) is 3. The summed E-state index contributed by atoms with van der Waals surface area (Å²) in [6.07, 6.45) is 2.06. The zero-order chi connectivity index (χ0) is 21.5. The maximum Gasteiger partial charge on any atom is 0.254 e. The first-order chi connectivity index (χ1) is 14.5. The maximum absolute atomic E-state index is 13.4. The fourth-order valence-corrected chi connectivity index (χ4v) is 3.50. The van der Waals surface area contributed by atoms with Crippen molar-refractivity contribution in [2.75, 3.05) is 20.8 Å². The Labute approximate surface area is 178 Å². The van der Waals surface area contributed by atoms with Gasteiger partial charge in [-0.15, -0.1) is 0 Å². The van der Waals surface area contributed by atoms with Crippen molar-refractivity contribution in [3.8, 4) is 11.5 Å². The minimum absolute atomic E-state index is 0.0339. The monoisotopic (exact) mass is 406 g/mol. The van der Waals surface area contributed by atoms with E-state index in [9.17, 15) is 4.79 Å². The highest BCUT2D eigenvalue weighted by molar-refractivity contribution is 5.95. The largest absolute Gasteiger partial charge is 0.497 e. The standard InChI is InChI=1S/C25H30N2O3/c1-19(2)16-27(25(28)21-13-23(29-3)15-24(14-21)30-4)18-22-11-8-12-26(22)17-20-9-6-5-7-10-20/h5-15,19H,16-18H2,1-4H3. The molecule has 30 heavy (non-hydrogen) atoms. The van der Waals surface area contributed by atoms with Crippen LogP contribution in [0.1, 0.15) is 35.5 Å². The van der Waals surface area contributed by atoms with Crippen LogP contribution in [0.3, 0.4) is 0 Å². The van der Waals surface area contributed by atoms with Crippen LogP contribution < -0.4 is 9.47 Å². The molecule has 0 saturated carbocycles. The summed E-state index contributed by atoms with van der Waals surface area (Å²) in [5.74, 6) is 1.52. The predicted molar refractivity (Wildman–Crippen MR) is 119 cm³/mol. The fraction of sp³-hybridized carbons (Fsp3) is 0.320. The Morgan fingerprint density at radius 1 is 0.967 bits per heavy atom. The lowest BCUT2D eigenvalue weighted by atomic mass is 10.1. The molecule has 1 heterocycles. The van der Waals surface area contributed by atoms with Gasteiger partial charge >= 0.3 is 0 Å². The van der Waals surface area contributed by atoms with E-state index in [0.717, 1.165) is 12.2 Å². The van der Waals surface area contributed by atoms with E-state index in [-0.39, 0.29) is 5.91 Å². The van der Waals surface area contributed by atoms with Gasteiger partial charge in [0, 0.05) is 36.6 Å². The Morgan fingerprint density at radius 3 is 2.23 bits per heavy atom. The molecule has 0 atom stereocenters. The van der Waals surface area contributed by atoms with Gasteiger partial charge in [-0.25, -0.2) is 0 Å². The SMILES string of the molecule is COc1cc(OC)cc(C(=O)N(Cc2cccn2Cc2ccccc2)CC(C)C)c1. The molecule has 1 amide bonds. The Hall–Kier alpha value is -3.21. The van der Waals surface area contributed by atoms with Crippen LogP contribution in [0.25, 0.3) is 0 Å². The van der Waals surface area contributed by atoms with Crippen molar-refractivity contribution in [1.29, 1.82) is 0 Å². The third-order valence-electron chi connectivity index (χ3n) is 4.94. The van der Waals surface area contributed by atoms with Crippen LogP contribution in [0.2, 0.25) is 0 Å². The highest BCUT2D eigenvalue weighted by Crippen LogP contribution is 2.24. The van der Waals surface area contributed by atoms with Crippen molar-refractivity contribution >= 4 is 5.91 Å². The second-order valence-corrected chi connectivity index (χ2v) is 7.79. The molecular formula is C25H30N2O3. The molecule has 0 aliphatic rings. The van der Waals surface area contributed by atoms with Crippen LogP contribution in [0.4, 0.5) is 0 Å². The van der Waals surface area contributed by atoms with Crippen molar-refractivity contribution in [1.82, 2.24) is 9.47 Å². The van der Waals surface area contributed by atoms with Crippen molar-refractivity contribution in [2.45, 2.75) is 26.9 Å². The number of hydrogen-bond donors (Lipinski definition) is 0. The smallest absolute Gasteiger partial charge is 0.254 e. The molecule has 0 bridgehead atoms. The Morgan fingerprint density at radius 2 is 1.63 bits per heavy atom. The van der Waals surface area contributed by atoms with Gasteiger partial charge in [0.05, 0.1) is 20.8 Å². The lowest BCUT2D eigenvalue weighted by Gasteiger charge is -2.26. The van der Waals surface area contributed by atoms with Crippen molar-refractivity contribution in [3.05, 3.63) is 83.7 Å². The number of aromatic nitrogens is 1. The van der Waals surface area contributed by atoms with Gasteiger partial charge in [0.1, 0.15) is 11.5 Å². The van der Waals surface area contributed by atoms with E-state index in [4.69, 9.17) is 9.47 Å². The molecule has 5 heteroatoms. The number of amides is 1. The van der Waals surface area contributed by atoms with Crippen LogP contribution >= 0.6 is 0 Å². The van der Waals surface area contributed by atoms with Crippen molar-refractivity contribution in [2.24, 2.45) is 5.92 Å². The normalized spacial score (nSPS) is 10.8. The molecule has 3 rings (SSSR count). The number of rotatable bonds is 9. The van der Waals surface area contributed by atoms with E-state index < -0.39 is 0 Å². The summed E-state index contributed by atoms with van der Waals surface area (Å²) in [6, 6.07) is 19.8. The zero-order valence-corrected chi connectivity index (χ0v) is 18.2. The van der Waals surface area contributed by atoms with E-state index in [0.29, 0.717) is 36.1 Å². The van der Waals surface area contributed by atoms with Gasteiger partial charge in [0.2, 0.25) is 0 Å². The van der Waals surface area contributed by atoms with Gasteiger partial charge in [-0.05, 0) is 35.7 Å². The minimum atomic E-state index is -0.0339. The number of ether oxygens (including phenoxy) is 2. The van der Waals surface area contributed by atoms with Gasteiger partial charge in [-0.3, -0.25) is 4.79 Å². The first kappa shape index (κ1) is 21.5. The summed E-state index contributed by atoms with van der Waals surface area (Å²) in [5, 5.41) is 0. The molecule has 0 saturated heterocycles. The maximum atomic E-state index is 13.4. The average molecular weight is 407 g/mol. The molecule has 0 unspecified atom stereocenters. The van der Waals surface area contributed by atoms with Crippen LogP contribution in [0.15, 0.2) is 66.9 Å². The molecule has 0 aliphatic heterocycles. The highest BCUT2D eigenvalue weighted by Gasteiger charge is 2.20. The van der Waals surface area contributed by atoms with Crippen LogP contribution in [-0.2, 0) is 13.1 Å². The first-order valence-electron chi connectivity index (χ1n) is 10.2. The first-order valence-corrected chi connectivity index (χ1v) is 10.2. The quantitative estimate of drug-likeness (QED) is 0.510. The van der Waals surface area contributed by atoms with Gasteiger partial charge in [-0.1, -0.05) is 44.2 Å². The molecule has 3 aromatic rings. The van der Waals surface area contributed by atoms with E-state index in [1.54, 1.807) is 32.4 Å². The van der Waals surface area contributed by atoms with Crippen molar-refractivity contribution in [3.63, 3.8) is 0 Å². The van der Waals surface area contributed by atoms with E-state index in [1.807, 2.05) is 29.2 Å². The Balaban J connectivity index is 1.86. The van der Waals surface area contributed by atoms with Crippen molar-refractivity contribution < 1.29 is 14.3 Å². The van der Waals surface area contributed by atoms with Crippen LogP contribution in [0, 0.1) is 5.92 Å².